The third kappa shape index (κ3) is 9.62. The molecule has 0 bridgehead atoms. The zero-order valence-electron chi connectivity index (χ0n) is 12.0. The molecule has 0 aromatic rings. The van der Waals surface area contributed by atoms with Gasteiger partial charge >= 0.3 is 5.97 Å². The minimum Gasteiger partial charge on any atom is -0.480 e. The van der Waals surface area contributed by atoms with Crippen molar-refractivity contribution < 1.29 is 24.2 Å². The fourth-order valence-corrected chi connectivity index (χ4v) is 2.29. The van der Waals surface area contributed by atoms with Crippen molar-refractivity contribution >= 4 is 29.5 Å². The largest absolute Gasteiger partial charge is 0.480 e. The van der Waals surface area contributed by atoms with Gasteiger partial charge in [0, 0.05) is 20.1 Å². The van der Waals surface area contributed by atoms with E-state index < -0.39 is 12.0 Å². The van der Waals surface area contributed by atoms with Crippen LogP contribution in [0.1, 0.15) is 20.3 Å². The molecule has 7 nitrogen and oxygen atoms in total. The number of hydrogen-bond donors (Lipinski definition) is 3. The molecule has 20 heavy (non-hydrogen) atoms. The number of carboxylic acid groups (broad SMARTS) is 1. The molecule has 116 valence electrons. The van der Waals surface area contributed by atoms with Gasteiger partial charge in [0.25, 0.3) is 0 Å². The Morgan fingerprint density at radius 3 is 2.45 bits per heavy atom. The number of nitrogens with one attached hydrogen (secondary N) is 2. The van der Waals surface area contributed by atoms with E-state index in [1.807, 2.05) is 6.92 Å². The number of amides is 2. The van der Waals surface area contributed by atoms with Crippen LogP contribution < -0.4 is 10.6 Å². The normalized spacial score (nSPS) is 13.3. The van der Waals surface area contributed by atoms with Crippen molar-refractivity contribution in [3.8, 4) is 0 Å². The van der Waals surface area contributed by atoms with Gasteiger partial charge in [-0.15, -0.1) is 0 Å². The van der Waals surface area contributed by atoms with Crippen LogP contribution in [0.25, 0.3) is 0 Å². The van der Waals surface area contributed by atoms with E-state index in [1.54, 1.807) is 7.11 Å². The lowest BCUT2D eigenvalue weighted by Crippen LogP contribution is -2.40. The first-order valence-electron chi connectivity index (χ1n) is 6.22. The second-order valence-electron chi connectivity index (χ2n) is 4.36. The molecule has 8 heteroatoms. The highest BCUT2D eigenvalue weighted by Gasteiger charge is 2.17. The molecule has 0 aliphatic rings. The van der Waals surface area contributed by atoms with Gasteiger partial charge in [-0.3, -0.25) is 9.59 Å². The highest BCUT2D eigenvalue weighted by Crippen LogP contribution is 2.05. The van der Waals surface area contributed by atoms with E-state index in [-0.39, 0.29) is 30.0 Å². The van der Waals surface area contributed by atoms with Crippen molar-refractivity contribution in [3.63, 3.8) is 0 Å². The standard InChI is InChI=1S/C12H22N2O5S/c1-8(6-19-3)13-11(16)7-20-5-4-10(12(17)18)14-9(2)15/h8,10H,4-7H2,1-3H3,(H,13,16)(H,14,15)(H,17,18). The topological polar surface area (TPSA) is 105 Å². The second-order valence-corrected chi connectivity index (χ2v) is 5.46. The van der Waals surface area contributed by atoms with E-state index in [1.165, 1.54) is 18.7 Å². The Labute approximate surface area is 122 Å². The lowest BCUT2D eigenvalue weighted by Gasteiger charge is -2.14. The molecule has 2 unspecified atom stereocenters. The first-order valence-corrected chi connectivity index (χ1v) is 7.38. The fourth-order valence-electron chi connectivity index (χ4n) is 1.48. The van der Waals surface area contributed by atoms with E-state index in [0.717, 1.165) is 0 Å². The summed E-state index contributed by atoms with van der Waals surface area (Å²) in [5, 5.41) is 14.0. The first-order chi connectivity index (χ1) is 9.36. The number of hydrogen-bond acceptors (Lipinski definition) is 5. The van der Waals surface area contributed by atoms with Gasteiger partial charge in [-0.05, 0) is 19.1 Å². The van der Waals surface area contributed by atoms with Crippen LogP contribution in [0.2, 0.25) is 0 Å². The van der Waals surface area contributed by atoms with E-state index >= 15 is 0 Å². The Morgan fingerprint density at radius 2 is 1.95 bits per heavy atom. The van der Waals surface area contributed by atoms with Crippen LogP contribution in [0.4, 0.5) is 0 Å². The summed E-state index contributed by atoms with van der Waals surface area (Å²) < 4.78 is 4.90. The van der Waals surface area contributed by atoms with Crippen molar-refractivity contribution in [1.82, 2.24) is 10.6 Å². The molecule has 0 radical (unpaired) electrons. The maximum absolute atomic E-state index is 11.5. The summed E-state index contributed by atoms with van der Waals surface area (Å²) in [5.74, 6) is -0.845. The maximum Gasteiger partial charge on any atom is 0.326 e. The van der Waals surface area contributed by atoms with Crippen LogP contribution in [-0.2, 0) is 19.1 Å². The Bertz CT molecular complexity index is 338. The van der Waals surface area contributed by atoms with Crippen molar-refractivity contribution in [2.45, 2.75) is 32.4 Å². The van der Waals surface area contributed by atoms with Gasteiger partial charge in [0.15, 0.2) is 0 Å². The summed E-state index contributed by atoms with van der Waals surface area (Å²) in [6.45, 7) is 3.55. The van der Waals surface area contributed by atoms with Crippen molar-refractivity contribution in [2.24, 2.45) is 0 Å². The van der Waals surface area contributed by atoms with E-state index in [4.69, 9.17) is 9.84 Å². The molecule has 0 aliphatic carbocycles. The summed E-state index contributed by atoms with van der Waals surface area (Å²) in [6, 6.07) is -0.963. The van der Waals surface area contributed by atoms with E-state index in [2.05, 4.69) is 10.6 Å². The smallest absolute Gasteiger partial charge is 0.326 e. The summed E-state index contributed by atoms with van der Waals surface area (Å²) in [4.78, 5) is 33.2. The van der Waals surface area contributed by atoms with E-state index in [9.17, 15) is 14.4 Å². The van der Waals surface area contributed by atoms with Crippen molar-refractivity contribution in [3.05, 3.63) is 0 Å². The molecule has 0 aromatic heterocycles. The average molecular weight is 306 g/mol. The molecular weight excluding hydrogens is 284 g/mol. The molecular formula is C12H22N2O5S. The van der Waals surface area contributed by atoms with Gasteiger partial charge in [0.2, 0.25) is 11.8 Å². The summed E-state index contributed by atoms with van der Waals surface area (Å²) in [5.41, 5.74) is 0. The molecule has 2 atom stereocenters. The SMILES string of the molecule is COCC(C)NC(=O)CSCCC(NC(C)=O)C(=O)O. The predicted molar refractivity (Wildman–Crippen MR) is 76.7 cm³/mol. The molecule has 0 saturated heterocycles. The van der Waals surface area contributed by atoms with Gasteiger partial charge in [-0.25, -0.2) is 4.79 Å². The van der Waals surface area contributed by atoms with Crippen LogP contribution in [-0.4, -0.2) is 60.2 Å². The lowest BCUT2D eigenvalue weighted by atomic mass is 10.2. The number of thioether (sulfide) groups is 1. The van der Waals surface area contributed by atoms with Crippen molar-refractivity contribution in [1.29, 1.82) is 0 Å². The van der Waals surface area contributed by atoms with Crippen LogP contribution in [0.15, 0.2) is 0 Å². The molecule has 0 saturated carbocycles. The van der Waals surface area contributed by atoms with Crippen LogP contribution in [0.5, 0.6) is 0 Å². The molecule has 0 rings (SSSR count). The number of carboxylic acids is 1. The molecule has 0 heterocycles. The van der Waals surface area contributed by atoms with Crippen molar-refractivity contribution in [2.75, 3.05) is 25.2 Å². The van der Waals surface area contributed by atoms with E-state index in [0.29, 0.717) is 12.4 Å². The molecule has 3 N–H and O–H groups in total. The minimum absolute atomic E-state index is 0.0563. The molecule has 0 spiro atoms. The van der Waals surface area contributed by atoms with Gasteiger partial charge in [-0.2, -0.15) is 11.8 Å². The maximum atomic E-state index is 11.5. The Morgan fingerprint density at radius 1 is 1.30 bits per heavy atom. The minimum atomic E-state index is -1.07. The average Bonchev–Trinajstić information content (AvgIpc) is 2.32. The second kappa shape index (κ2) is 10.5. The van der Waals surface area contributed by atoms with Gasteiger partial charge in [0.05, 0.1) is 12.4 Å². The Hall–Kier alpha value is -1.28. The zero-order chi connectivity index (χ0) is 15.5. The molecule has 0 aromatic carbocycles. The summed E-state index contributed by atoms with van der Waals surface area (Å²) in [7, 11) is 1.56. The first kappa shape index (κ1) is 18.7. The number of carbonyl (C=O) groups excluding carboxylic acids is 2. The third-order valence-electron chi connectivity index (χ3n) is 2.28. The monoisotopic (exact) mass is 306 g/mol. The summed E-state index contributed by atoms with van der Waals surface area (Å²) >= 11 is 1.33. The number of carbonyl (C=O) groups is 3. The third-order valence-corrected chi connectivity index (χ3v) is 3.27. The number of ether oxygens (including phenoxy) is 1. The summed E-state index contributed by atoms with van der Waals surface area (Å²) in [6.07, 6.45) is 0.278. The fraction of sp³-hybridized carbons (Fsp3) is 0.750. The predicted octanol–water partition coefficient (Wildman–Crippen LogP) is -0.150. The van der Waals surface area contributed by atoms with Gasteiger partial charge in [-0.1, -0.05) is 0 Å². The van der Waals surface area contributed by atoms with Gasteiger partial charge in [0.1, 0.15) is 6.04 Å². The van der Waals surface area contributed by atoms with Gasteiger partial charge < -0.3 is 20.5 Å². The Kier molecular flexibility index (Phi) is 9.83. The Balaban J connectivity index is 3.85. The van der Waals surface area contributed by atoms with Crippen LogP contribution >= 0.6 is 11.8 Å². The highest BCUT2D eigenvalue weighted by atomic mass is 32.2. The zero-order valence-corrected chi connectivity index (χ0v) is 12.8. The van der Waals surface area contributed by atoms with Crippen LogP contribution in [0, 0.1) is 0 Å². The molecule has 0 fully saturated rings. The molecule has 0 aliphatic heterocycles. The highest BCUT2D eigenvalue weighted by molar-refractivity contribution is 7.99. The quantitative estimate of drug-likeness (QED) is 0.485. The number of aliphatic carboxylic acids is 1. The number of methoxy groups -OCH3 is 1. The van der Waals surface area contributed by atoms with Crippen LogP contribution in [0.3, 0.4) is 0 Å². The lowest BCUT2D eigenvalue weighted by molar-refractivity contribution is -0.141. The number of rotatable bonds is 10. The molecule has 2 amide bonds.